The molecule has 0 spiro atoms. The van der Waals surface area contributed by atoms with E-state index in [9.17, 15) is 13.2 Å². The highest BCUT2D eigenvalue weighted by Crippen LogP contribution is 1.98. The lowest BCUT2D eigenvalue weighted by atomic mass is 10.3. The Balaban J connectivity index is 3.52. The number of carbonyl (C=O) groups is 1. The molecule has 0 bridgehead atoms. The number of esters is 1. The molecule has 0 aromatic carbocycles. The van der Waals surface area contributed by atoms with E-state index in [1.54, 1.807) is 0 Å². The zero-order chi connectivity index (χ0) is 10.3. The van der Waals surface area contributed by atoms with Crippen LogP contribution in [0.4, 0.5) is 0 Å². The largest absolute Gasteiger partial charge is 0.469 e. The van der Waals surface area contributed by atoms with E-state index < -0.39 is 16.4 Å². The van der Waals surface area contributed by atoms with Crippen LogP contribution in [0.25, 0.3) is 0 Å². The molecule has 0 fully saturated rings. The van der Waals surface area contributed by atoms with Crippen LogP contribution in [-0.4, -0.2) is 35.2 Å². The number of hydrogen-bond acceptors (Lipinski definition) is 6. The predicted molar refractivity (Wildman–Crippen MR) is 43.1 cm³/mol. The van der Waals surface area contributed by atoms with Crippen molar-refractivity contribution >= 4 is 16.4 Å². The summed E-state index contributed by atoms with van der Waals surface area (Å²) in [4.78, 5) is 10.5. The van der Waals surface area contributed by atoms with Crippen molar-refractivity contribution in [2.75, 3.05) is 20.8 Å². The normalized spacial score (nSPS) is 11.2. The lowest BCUT2D eigenvalue weighted by Gasteiger charge is -2.01. The highest BCUT2D eigenvalue weighted by molar-refractivity contribution is 7.81. The minimum absolute atomic E-state index is 0.0920. The summed E-state index contributed by atoms with van der Waals surface area (Å²) in [7, 11) is -1.62. The summed E-state index contributed by atoms with van der Waals surface area (Å²) in [5.74, 6) is -0.404. The fourth-order valence-electron chi connectivity index (χ4n) is 0.528. The molecule has 0 saturated heterocycles. The van der Waals surface area contributed by atoms with Crippen LogP contribution in [0, 0.1) is 0 Å². The Labute approximate surface area is 77.1 Å². The van der Waals surface area contributed by atoms with Gasteiger partial charge in [0.2, 0.25) is 0 Å². The van der Waals surface area contributed by atoms with Gasteiger partial charge in [-0.05, 0) is 6.42 Å². The minimum atomic E-state index is -3.88. The molecule has 13 heavy (non-hydrogen) atoms. The third-order valence-electron chi connectivity index (χ3n) is 1.18. The summed E-state index contributed by atoms with van der Waals surface area (Å²) in [5, 5.41) is 0. The second kappa shape index (κ2) is 5.90. The number of methoxy groups -OCH3 is 1. The molecular weight excluding hydrogens is 200 g/mol. The number of carbonyl (C=O) groups excluding carboxylic acids is 1. The zero-order valence-electron chi connectivity index (χ0n) is 7.48. The van der Waals surface area contributed by atoms with Crippen LogP contribution < -0.4 is 0 Å². The molecule has 0 aromatic heterocycles. The van der Waals surface area contributed by atoms with Crippen LogP contribution in [0.15, 0.2) is 0 Å². The molecule has 0 aliphatic rings. The van der Waals surface area contributed by atoms with Crippen molar-refractivity contribution in [3.05, 3.63) is 0 Å². The van der Waals surface area contributed by atoms with Gasteiger partial charge in [-0.1, -0.05) is 0 Å². The molecule has 6 nitrogen and oxygen atoms in total. The van der Waals surface area contributed by atoms with Gasteiger partial charge < -0.3 is 4.74 Å². The van der Waals surface area contributed by atoms with Gasteiger partial charge in [0.25, 0.3) is 0 Å². The summed E-state index contributed by atoms with van der Waals surface area (Å²) in [6, 6.07) is 0. The molecule has 7 heteroatoms. The van der Waals surface area contributed by atoms with Gasteiger partial charge in [0.15, 0.2) is 0 Å². The van der Waals surface area contributed by atoms with Crippen LogP contribution in [0.1, 0.15) is 12.8 Å². The predicted octanol–water partition coefficient (Wildman–Crippen LogP) is -0.153. The van der Waals surface area contributed by atoms with Gasteiger partial charge in [-0.25, -0.2) is 4.18 Å². The first-order valence-corrected chi connectivity index (χ1v) is 4.87. The van der Waals surface area contributed by atoms with Crippen LogP contribution in [0.2, 0.25) is 0 Å². The van der Waals surface area contributed by atoms with Crippen molar-refractivity contribution in [2.24, 2.45) is 0 Å². The first-order chi connectivity index (χ1) is 6.02. The summed E-state index contributed by atoms with van der Waals surface area (Å²) in [6.07, 6.45) is 0.394. The van der Waals surface area contributed by atoms with E-state index >= 15 is 0 Å². The van der Waals surface area contributed by atoms with E-state index in [0.717, 1.165) is 7.11 Å². The van der Waals surface area contributed by atoms with Gasteiger partial charge in [-0.2, -0.15) is 8.42 Å². The van der Waals surface area contributed by atoms with E-state index in [2.05, 4.69) is 13.1 Å². The van der Waals surface area contributed by atoms with E-state index in [1.165, 1.54) is 7.11 Å². The Morgan fingerprint density at radius 3 is 2.38 bits per heavy atom. The molecule has 0 N–H and O–H groups in total. The van der Waals surface area contributed by atoms with Gasteiger partial charge in [-0.15, -0.1) is 0 Å². The average Bonchev–Trinajstić information content (AvgIpc) is 2.12. The highest BCUT2D eigenvalue weighted by Gasteiger charge is 2.08. The average molecular weight is 212 g/mol. The zero-order valence-corrected chi connectivity index (χ0v) is 8.30. The first-order valence-electron chi connectivity index (χ1n) is 3.53. The van der Waals surface area contributed by atoms with Crippen molar-refractivity contribution in [3.8, 4) is 0 Å². The van der Waals surface area contributed by atoms with Crippen LogP contribution >= 0.6 is 0 Å². The Hall–Kier alpha value is -0.660. The maximum Gasteiger partial charge on any atom is 0.399 e. The van der Waals surface area contributed by atoms with E-state index in [4.69, 9.17) is 0 Å². The standard InChI is InChI=1S/C6H12O6S/c1-10-6(7)4-3-5-12-13(8,9)11-2/h3-5H2,1-2H3. The molecular formula is C6H12O6S. The first kappa shape index (κ1) is 12.3. The molecule has 0 amide bonds. The molecule has 0 radical (unpaired) electrons. The molecule has 0 aromatic rings. The summed E-state index contributed by atoms with van der Waals surface area (Å²) >= 11 is 0. The van der Waals surface area contributed by atoms with E-state index in [-0.39, 0.29) is 19.4 Å². The number of ether oxygens (including phenoxy) is 1. The molecule has 0 unspecified atom stereocenters. The molecule has 0 aliphatic carbocycles. The van der Waals surface area contributed by atoms with Crippen LogP contribution in [0.5, 0.6) is 0 Å². The third kappa shape index (κ3) is 6.50. The molecule has 0 saturated carbocycles. The maximum atomic E-state index is 10.6. The Morgan fingerprint density at radius 2 is 1.92 bits per heavy atom. The molecule has 0 atom stereocenters. The maximum absolute atomic E-state index is 10.6. The monoisotopic (exact) mass is 212 g/mol. The second-order valence-corrected chi connectivity index (χ2v) is 3.46. The van der Waals surface area contributed by atoms with E-state index in [0.29, 0.717) is 0 Å². The van der Waals surface area contributed by atoms with Crippen molar-refractivity contribution in [2.45, 2.75) is 12.8 Å². The third-order valence-corrected chi connectivity index (χ3v) is 2.05. The van der Waals surface area contributed by atoms with Gasteiger partial charge in [0.05, 0.1) is 20.8 Å². The van der Waals surface area contributed by atoms with Crippen molar-refractivity contribution in [1.29, 1.82) is 0 Å². The molecule has 0 rings (SSSR count). The van der Waals surface area contributed by atoms with Gasteiger partial charge in [0.1, 0.15) is 0 Å². The fraction of sp³-hybridized carbons (Fsp3) is 0.833. The smallest absolute Gasteiger partial charge is 0.399 e. The topological polar surface area (TPSA) is 78.9 Å². The minimum Gasteiger partial charge on any atom is -0.469 e. The lowest BCUT2D eigenvalue weighted by Crippen LogP contribution is -2.10. The molecule has 0 aliphatic heterocycles. The summed E-state index contributed by atoms with van der Waals surface area (Å²) in [5.41, 5.74) is 0. The highest BCUT2D eigenvalue weighted by atomic mass is 32.3. The van der Waals surface area contributed by atoms with Crippen molar-refractivity contribution in [3.63, 3.8) is 0 Å². The molecule has 0 heterocycles. The summed E-state index contributed by atoms with van der Waals surface area (Å²) in [6.45, 7) is -0.0920. The van der Waals surface area contributed by atoms with Crippen molar-refractivity contribution in [1.82, 2.24) is 0 Å². The molecule has 78 valence electrons. The fourth-order valence-corrected chi connectivity index (χ4v) is 0.946. The van der Waals surface area contributed by atoms with Gasteiger partial charge in [0, 0.05) is 6.42 Å². The number of hydrogen-bond donors (Lipinski definition) is 0. The Morgan fingerprint density at radius 1 is 1.31 bits per heavy atom. The Kier molecular flexibility index (Phi) is 5.60. The Bertz CT molecular complexity index is 244. The summed E-state index contributed by atoms with van der Waals surface area (Å²) < 4.78 is 33.8. The van der Waals surface area contributed by atoms with Crippen LogP contribution in [0.3, 0.4) is 0 Å². The quantitative estimate of drug-likeness (QED) is 0.450. The van der Waals surface area contributed by atoms with Gasteiger partial charge in [-0.3, -0.25) is 8.98 Å². The van der Waals surface area contributed by atoms with E-state index in [1.807, 2.05) is 0 Å². The van der Waals surface area contributed by atoms with Crippen molar-refractivity contribution < 1.29 is 26.3 Å². The van der Waals surface area contributed by atoms with Crippen LogP contribution in [-0.2, 0) is 28.3 Å². The number of rotatable bonds is 6. The second-order valence-electron chi connectivity index (χ2n) is 2.08. The SMILES string of the molecule is COC(=O)CCCOS(=O)(=O)OC. The van der Waals surface area contributed by atoms with Gasteiger partial charge >= 0.3 is 16.4 Å². The lowest BCUT2D eigenvalue weighted by molar-refractivity contribution is -0.140.